The largest absolute Gasteiger partial charge is 0.489 e. The Hall–Kier alpha value is -3.92. The molecule has 4 rings (SSSR count). The normalized spacial score (nSPS) is 11.0. The summed E-state index contributed by atoms with van der Waals surface area (Å²) in [6.07, 6.45) is 1.91. The number of carbonyl (C=O) groups is 1. The van der Waals surface area contributed by atoms with Crippen molar-refractivity contribution in [3.63, 3.8) is 0 Å². The molecule has 0 atom stereocenters. The lowest BCUT2D eigenvalue weighted by Gasteiger charge is -2.07. The number of ether oxygens (including phenoxy) is 1. The van der Waals surface area contributed by atoms with Crippen LogP contribution in [0.2, 0.25) is 0 Å². The van der Waals surface area contributed by atoms with Crippen molar-refractivity contribution in [1.82, 2.24) is 5.43 Å². The van der Waals surface area contributed by atoms with Crippen molar-refractivity contribution in [3.8, 4) is 5.75 Å². The minimum absolute atomic E-state index is 0.148. The summed E-state index contributed by atoms with van der Waals surface area (Å²) in [7, 11) is 0. The highest BCUT2D eigenvalue weighted by Crippen LogP contribution is 2.19. The van der Waals surface area contributed by atoms with Crippen LogP contribution in [0.15, 0.2) is 96.1 Å². The van der Waals surface area contributed by atoms with E-state index >= 15 is 0 Å². The lowest BCUT2D eigenvalue weighted by molar-refractivity contribution is -0.120. The Kier molecular flexibility index (Phi) is 6.38. The van der Waals surface area contributed by atoms with Crippen LogP contribution < -0.4 is 10.2 Å². The first-order chi connectivity index (χ1) is 15.2. The smallest absolute Gasteiger partial charge is 0.244 e. The van der Waals surface area contributed by atoms with Gasteiger partial charge < -0.3 is 4.74 Å². The van der Waals surface area contributed by atoms with Gasteiger partial charge in [-0.25, -0.2) is 5.43 Å². The van der Waals surface area contributed by atoms with Gasteiger partial charge in [-0.3, -0.25) is 4.79 Å². The number of aryl methyl sites for hydroxylation is 1. The molecule has 4 aromatic carbocycles. The van der Waals surface area contributed by atoms with E-state index in [4.69, 9.17) is 4.74 Å². The Morgan fingerprint density at radius 1 is 0.903 bits per heavy atom. The van der Waals surface area contributed by atoms with Crippen LogP contribution in [0.5, 0.6) is 5.75 Å². The lowest BCUT2D eigenvalue weighted by Crippen LogP contribution is -2.19. The van der Waals surface area contributed by atoms with Crippen LogP contribution in [0.4, 0.5) is 0 Å². The van der Waals surface area contributed by atoms with Gasteiger partial charge in [-0.05, 0) is 58.7 Å². The summed E-state index contributed by atoms with van der Waals surface area (Å²) in [4.78, 5) is 12.3. The molecule has 4 aromatic rings. The number of amides is 1. The minimum atomic E-state index is -0.148. The maximum atomic E-state index is 12.3. The van der Waals surface area contributed by atoms with Gasteiger partial charge in [0, 0.05) is 0 Å². The zero-order chi connectivity index (χ0) is 21.5. The number of carbonyl (C=O) groups excluding carboxylic acids is 1. The average Bonchev–Trinajstić information content (AvgIpc) is 2.80. The zero-order valence-corrected chi connectivity index (χ0v) is 17.4. The summed E-state index contributed by atoms with van der Waals surface area (Å²) in [6.45, 7) is 2.59. The van der Waals surface area contributed by atoms with Gasteiger partial charge in [0.1, 0.15) is 12.4 Å². The molecule has 0 fully saturated rings. The van der Waals surface area contributed by atoms with Gasteiger partial charge >= 0.3 is 0 Å². The van der Waals surface area contributed by atoms with Crippen LogP contribution in [0, 0.1) is 6.92 Å². The molecular weight excluding hydrogens is 384 g/mol. The Balaban J connectivity index is 1.29. The van der Waals surface area contributed by atoms with Gasteiger partial charge in [0.15, 0.2) is 0 Å². The van der Waals surface area contributed by atoms with Crippen LogP contribution in [0.3, 0.4) is 0 Å². The van der Waals surface area contributed by atoms with Crippen LogP contribution in [-0.2, 0) is 17.8 Å². The summed E-state index contributed by atoms with van der Waals surface area (Å²) >= 11 is 0. The summed E-state index contributed by atoms with van der Waals surface area (Å²) in [5.74, 6) is 0.642. The van der Waals surface area contributed by atoms with Gasteiger partial charge in [0.2, 0.25) is 5.91 Å². The molecular formula is C27H24N2O2. The van der Waals surface area contributed by atoms with Crippen molar-refractivity contribution < 1.29 is 9.53 Å². The van der Waals surface area contributed by atoms with Gasteiger partial charge in [0.05, 0.1) is 12.6 Å². The molecule has 0 unspecified atom stereocenters. The molecule has 154 valence electrons. The fourth-order valence-corrected chi connectivity index (χ4v) is 3.34. The van der Waals surface area contributed by atoms with Gasteiger partial charge in [-0.15, -0.1) is 0 Å². The van der Waals surface area contributed by atoms with Crippen molar-refractivity contribution in [2.75, 3.05) is 0 Å². The second-order valence-corrected chi connectivity index (χ2v) is 7.45. The van der Waals surface area contributed by atoms with Crippen molar-refractivity contribution in [1.29, 1.82) is 0 Å². The van der Waals surface area contributed by atoms with E-state index in [-0.39, 0.29) is 12.3 Å². The number of hydrazone groups is 1. The summed E-state index contributed by atoms with van der Waals surface area (Å²) in [5.41, 5.74) is 6.84. The minimum Gasteiger partial charge on any atom is -0.489 e. The third kappa shape index (κ3) is 5.58. The molecule has 0 saturated heterocycles. The lowest BCUT2D eigenvalue weighted by atomic mass is 10.0. The molecule has 4 nitrogen and oxygen atoms in total. The van der Waals surface area contributed by atoms with Gasteiger partial charge in [0.25, 0.3) is 0 Å². The molecule has 0 aliphatic carbocycles. The topological polar surface area (TPSA) is 50.7 Å². The number of fused-ring (bicyclic) bond motifs is 1. The number of benzene rings is 4. The summed E-state index contributed by atoms with van der Waals surface area (Å²) < 4.78 is 5.82. The molecule has 31 heavy (non-hydrogen) atoms. The quantitative estimate of drug-likeness (QED) is 0.328. The molecule has 1 amide bonds. The number of hydrogen-bond donors (Lipinski definition) is 1. The van der Waals surface area contributed by atoms with Crippen molar-refractivity contribution >= 4 is 22.9 Å². The molecule has 0 bridgehead atoms. The zero-order valence-electron chi connectivity index (χ0n) is 17.4. The molecule has 0 saturated carbocycles. The maximum absolute atomic E-state index is 12.3. The Morgan fingerprint density at radius 3 is 2.45 bits per heavy atom. The average molecular weight is 409 g/mol. The highest BCUT2D eigenvalue weighted by Gasteiger charge is 2.06. The van der Waals surface area contributed by atoms with Crippen LogP contribution in [0.25, 0.3) is 10.8 Å². The molecule has 0 heterocycles. The Labute approximate surface area is 182 Å². The van der Waals surface area contributed by atoms with Gasteiger partial charge in [-0.2, -0.15) is 5.10 Å². The maximum Gasteiger partial charge on any atom is 0.244 e. The highest BCUT2D eigenvalue weighted by atomic mass is 16.5. The number of nitrogens with zero attached hydrogens (tertiary/aromatic N) is 1. The Bertz CT molecular complexity index is 1190. The van der Waals surface area contributed by atoms with Crippen LogP contribution in [0.1, 0.15) is 22.3 Å². The molecule has 0 aliphatic heterocycles. The molecule has 0 aliphatic rings. The fourth-order valence-electron chi connectivity index (χ4n) is 3.34. The van der Waals surface area contributed by atoms with E-state index in [2.05, 4.69) is 41.7 Å². The monoisotopic (exact) mass is 408 g/mol. The van der Waals surface area contributed by atoms with Crippen molar-refractivity contribution in [3.05, 3.63) is 113 Å². The molecule has 4 heteroatoms. The van der Waals surface area contributed by atoms with E-state index in [0.29, 0.717) is 6.61 Å². The predicted molar refractivity (Wildman–Crippen MR) is 125 cm³/mol. The van der Waals surface area contributed by atoms with E-state index in [9.17, 15) is 4.79 Å². The second kappa shape index (κ2) is 9.72. The summed E-state index contributed by atoms with van der Waals surface area (Å²) in [5, 5.41) is 6.30. The summed E-state index contributed by atoms with van der Waals surface area (Å²) in [6, 6.07) is 29.9. The van der Waals surface area contributed by atoms with Crippen LogP contribution in [-0.4, -0.2) is 12.1 Å². The number of hydrogen-bond acceptors (Lipinski definition) is 3. The molecule has 1 N–H and O–H groups in total. The first kappa shape index (κ1) is 20.4. The molecule has 0 aromatic heterocycles. The second-order valence-electron chi connectivity index (χ2n) is 7.45. The number of nitrogens with one attached hydrogen (secondary N) is 1. The first-order valence-corrected chi connectivity index (χ1v) is 10.2. The molecule has 0 spiro atoms. The van der Waals surface area contributed by atoms with Crippen LogP contribution >= 0.6 is 0 Å². The fraction of sp³-hybridized carbons (Fsp3) is 0.111. The third-order valence-corrected chi connectivity index (χ3v) is 5.04. The third-order valence-electron chi connectivity index (χ3n) is 5.04. The van der Waals surface area contributed by atoms with E-state index in [1.807, 2.05) is 66.7 Å². The number of rotatable bonds is 7. The van der Waals surface area contributed by atoms with E-state index in [1.165, 1.54) is 5.56 Å². The van der Waals surface area contributed by atoms with Gasteiger partial charge in [-0.1, -0.05) is 72.3 Å². The molecule has 0 radical (unpaired) electrons. The van der Waals surface area contributed by atoms with Crippen molar-refractivity contribution in [2.24, 2.45) is 5.10 Å². The standard InChI is InChI=1S/C27H24N2O2/c1-20-9-11-22(12-10-20)19-31-25-15-13-21(14-16-25)18-28-29-27(30)17-24-7-4-6-23-5-2-3-8-26(23)24/h2-16,18H,17,19H2,1H3,(H,29,30)/b28-18-. The van der Waals surface area contributed by atoms with E-state index < -0.39 is 0 Å². The Morgan fingerprint density at radius 2 is 1.65 bits per heavy atom. The van der Waals surface area contributed by atoms with Crippen molar-refractivity contribution in [2.45, 2.75) is 20.0 Å². The van der Waals surface area contributed by atoms with E-state index in [0.717, 1.165) is 33.2 Å². The predicted octanol–water partition coefficient (Wildman–Crippen LogP) is 5.42. The SMILES string of the molecule is Cc1ccc(COc2ccc(/C=N\NC(=O)Cc3cccc4ccccc34)cc2)cc1. The highest BCUT2D eigenvalue weighted by molar-refractivity contribution is 5.90. The van der Waals surface area contributed by atoms with E-state index in [1.54, 1.807) is 6.21 Å². The first-order valence-electron chi connectivity index (χ1n) is 10.2.